The summed E-state index contributed by atoms with van der Waals surface area (Å²) in [5, 5.41) is 9.47. The highest BCUT2D eigenvalue weighted by Gasteiger charge is 2.27. The van der Waals surface area contributed by atoms with Crippen molar-refractivity contribution in [2.75, 3.05) is 33.4 Å². The molecule has 2 aromatic carbocycles. The number of hydrogen-bond acceptors (Lipinski definition) is 4. The molecule has 27 heavy (non-hydrogen) atoms. The number of aliphatic hydroxyl groups is 1. The molecule has 0 aliphatic carbocycles. The third kappa shape index (κ3) is 5.03. The number of rotatable bonds is 7. The van der Waals surface area contributed by atoms with E-state index in [9.17, 15) is 13.9 Å². The Morgan fingerprint density at radius 1 is 1.11 bits per heavy atom. The molecule has 1 fully saturated rings. The summed E-state index contributed by atoms with van der Waals surface area (Å²) in [6, 6.07) is 12.4. The third-order valence-corrected chi connectivity index (χ3v) is 5.10. The van der Waals surface area contributed by atoms with Crippen LogP contribution in [0.4, 0.5) is 8.78 Å². The largest absolute Gasteiger partial charge is 0.497 e. The molecule has 4 nitrogen and oxygen atoms in total. The Morgan fingerprint density at radius 2 is 1.93 bits per heavy atom. The van der Waals surface area contributed by atoms with Crippen LogP contribution in [0.15, 0.2) is 42.5 Å². The van der Waals surface area contributed by atoms with Crippen molar-refractivity contribution in [1.82, 2.24) is 9.80 Å². The molecular formula is C21H26F2N2O2. The summed E-state index contributed by atoms with van der Waals surface area (Å²) in [5.41, 5.74) is 1.53. The maximum atomic E-state index is 14.0. The van der Waals surface area contributed by atoms with Gasteiger partial charge in [-0.1, -0.05) is 24.3 Å². The lowest BCUT2D eigenvalue weighted by Crippen LogP contribution is -2.52. The minimum Gasteiger partial charge on any atom is -0.497 e. The van der Waals surface area contributed by atoms with Gasteiger partial charge in [0.05, 0.1) is 7.11 Å². The van der Waals surface area contributed by atoms with E-state index < -0.39 is 11.6 Å². The number of nitrogens with zero attached hydrogens (tertiary/aromatic N) is 2. The second kappa shape index (κ2) is 9.26. The lowest BCUT2D eigenvalue weighted by Gasteiger charge is -2.41. The Balaban J connectivity index is 1.66. The molecule has 1 aliphatic heterocycles. The minimum atomic E-state index is -0.809. The Kier molecular flexibility index (Phi) is 6.77. The number of benzene rings is 2. The van der Waals surface area contributed by atoms with E-state index in [1.54, 1.807) is 13.2 Å². The molecule has 1 atom stereocenters. The number of hydrogen-bond donors (Lipinski definition) is 1. The summed E-state index contributed by atoms with van der Waals surface area (Å²) < 4.78 is 32.7. The molecule has 1 unspecified atom stereocenters. The van der Waals surface area contributed by atoms with Gasteiger partial charge in [0.25, 0.3) is 0 Å². The molecule has 0 spiro atoms. The standard InChI is InChI=1S/C21H26F2N2O2/c1-27-19-6-2-4-16(12-19)13-25-10-9-24(15-18(25)8-11-26)14-17-5-3-7-20(22)21(17)23/h2-7,12,18,26H,8-11,13-15H2,1H3. The topological polar surface area (TPSA) is 35.9 Å². The smallest absolute Gasteiger partial charge is 0.163 e. The number of aliphatic hydroxyl groups excluding tert-OH is 1. The van der Waals surface area contributed by atoms with Crippen LogP contribution in [0.3, 0.4) is 0 Å². The van der Waals surface area contributed by atoms with Crippen molar-refractivity contribution in [3.8, 4) is 5.75 Å². The van der Waals surface area contributed by atoms with Crippen LogP contribution in [-0.4, -0.2) is 54.3 Å². The Bertz CT molecular complexity index is 757. The molecule has 1 N–H and O–H groups in total. The van der Waals surface area contributed by atoms with E-state index in [2.05, 4.69) is 15.9 Å². The molecule has 0 aromatic heterocycles. The zero-order chi connectivity index (χ0) is 19.2. The molecular weight excluding hydrogens is 350 g/mol. The maximum Gasteiger partial charge on any atom is 0.163 e. The van der Waals surface area contributed by atoms with Crippen molar-refractivity contribution in [3.63, 3.8) is 0 Å². The van der Waals surface area contributed by atoms with Gasteiger partial charge in [-0.3, -0.25) is 9.80 Å². The Labute approximate surface area is 159 Å². The van der Waals surface area contributed by atoms with Gasteiger partial charge in [-0.25, -0.2) is 8.78 Å². The van der Waals surface area contributed by atoms with Gasteiger partial charge in [0.2, 0.25) is 0 Å². The predicted octanol–water partition coefficient (Wildman–Crippen LogP) is 3.04. The summed E-state index contributed by atoms with van der Waals surface area (Å²) >= 11 is 0. The van der Waals surface area contributed by atoms with Crippen LogP contribution in [-0.2, 0) is 13.1 Å². The maximum absolute atomic E-state index is 14.0. The molecule has 1 saturated heterocycles. The van der Waals surface area contributed by atoms with Gasteiger partial charge >= 0.3 is 0 Å². The van der Waals surface area contributed by atoms with E-state index in [4.69, 9.17) is 4.74 Å². The fraction of sp³-hybridized carbons (Fsp3) is 0.429. The lowest BCUT2D eigenvalue weighted by atomic mass is 10.1. The molecule has 0 radical (unpaired) electrons. The number of methoxy groups -OCH3 is 1. The summed E-state index contributed by atoms with van der Waals surface area (Å²) in [6.45, 7) is 3.52. The van der Waals surface area contributed by atoms with Crippen molar-refractivity contribution in [3.05, 3.63) is 65.2 Å². The van der Waals surface area contributed by atoms with Gasteiger partial charge in [-0.05, 0) is 30.2 Å². The second-order valence-corrected chi connectivity index (χ2v) is 6.94. The minimum absolute atomic E-state index is 0.0987. The molecule has 6 heteroatoms. The normalized spacial score (nSPS) is 18.6. The first-order chi connectivity index (χ1) is 13.1. The van der Waals surface area contributed by atoms with Crippen LogP contribution < -0.4 is 4.74 Å². The predicted molar refractivity (Wildman–Crippen MR) is 101 cm³/mol. The fourth-order valence-electron chi connectivity index (χ4n) is 3.65. The quantitative estimate of drug-likeness (QED) is 0.806. The SMILES string of the molecule is COc1cccc(CN2CCN(Cc3cccc(F)c3F)CC2CCO)c1. The average Bonchev–Trinajstić information content (AvgIpc) is 2.68. The monoisotopic (exact) mass is 376 g/mol. The average molecular weight is 376 g/mol. The summed E-state index contributed by atoms with van der Waals surface area (Å²) in [6.07, 6.45) is 0.645. The summed E-state index contributed by atoms with van der Waals surface area (Å²) in [4.78, 5) is 4.46. The van der Waals surface area contributed by atoms with Crippen molar-refractivity contribution in [1.29, 1.82) is 0 Å². The number of halogens is 2. The highest BCUT2D eigenvalue weighted by molar-refractivity contribution is 5.28. The van der Waals surface area contributed by atoms with Crippen molar-refractivity contribution < 1.29 is 18.6 Å². The summed E-state index contributed by atoms with van der Waals surface area (Å²) in [5.74, 6) is -0.752. The van der Waals surface area contributed by atoms with Crippen LogP contribution in [0.25, 0.3) is 0 Å². The van der Waals surface area contributed by atoms with Crippen LogP contribution in [0, 0.1) is 11.6 Å². The van der Waals surface area contributed by atoms with Gasteiger partial charge in [-0.2, -0.15) is 0 Å². The van der Waals surface area contributed by atoms with Gasteiger partial charge in [-0.15, -0.1) is 0 Å². The number of ether oxygens (including phenoxy) is 1. The van der Waals surface area contributed by atoms with Crippen LogP contribution in [0.1, 0.15) is 17.5 Å². The van der Waals surface area contributed by atoms with Gasteiger partial charge in [0.15, 0.2) is 11.6 Å². The van der Waals surface area contributed by atoms with E-state index in [1.165, 1.54) is 6.07 Å². The van der Waals surface area contributed by atoms with Crippen molar-refractivity contribution >= 4 is 0 Å². The molecule has 0 amide bonds. The molecule has 2 aromatic rings. The van der Waals surface area contributed by atoms with Crippen LogP contribution in [0.2, 0.25) is 0 Å². The molecule has 1 aliphatic rings. The van der Waals surface area contributed by atoms with E-state index in [0.717, 1.165) is 37.0 Å². The first-order valence-electron chi connectivity index (χ1n) is 9.23. The second-order valence-electron chi connectivity index (χ2n) is 6.94. The molecule has 0 bridgehead atoms. The fourth-order valence-corrected chi connectivity index (χ4v) is 3.65. The lowest BCUT2D eigenvalue weighted by molar-refractivity contribution is 0.0493. The van der Waals surface area contributed by atoms with E-state index in [1.807, 2.05) is 18.2 Å². The van der Waals surface area contributed by atoms with Crippen LogP contribution >= 0.6 is 0 Å². The first kappa shape index (κ1) is 19.7. The highest BCUT2D eigenvalue weighted by Crippen LogP contribution is 2.21. The van der Waals surface area contributed by atoms with Crippen LogP contribution in [0.5, 0.6) is 5.75 Å². The van der Waals surface area contributed by atoms with Crippen molar-refractivity contribution in [2.45, 2.75) is 25.6 Å². The van der Waals surface area contributed by atoms with Gasteiger partial charge in [0, 0.05) is 50.9 Å². The first-order valence-corrected chi connectivity index (χ1v) is 9.23. The Hall–Kier alpha value is -2.02. The zero-order valence-corrected chi connectivity index (χ0v) is 15.6. The van der Waals surface area contributed by atoms with E-state index in [-0.39, 0.29) is 12.6 Å². The molecule has 1 heterocycles. The van der Waals surface area contributed by atoms with Crippen molar-refractivity contribution in [2.24, 2.45) is 0 Å². The summed E-state index contributed by atoms with van der Waals surface area (Å²) in [7, 11) is 1.65. The zero-order valence-electron chi connectivity index (χ0n) is 15.6. The molecule has 3 rings (SSSR count). The third-order valence-electron chi connectivity index (χ3n) is 5.10. The van der Waals surface area contributed by atoms with Gasteiger partial charge < -0.3 is 9.84 Å². The molecule has 146 valence electrons. The number of piperazine rings is 1. The highest BCUT2D eigenvalue weighted by atomic mass is 19.2. The van der Waals surface area contributed by atoms with E-state index >= 15 is 0 Å². The molecule has 0 saturated carbocycles. The van der Waals surface area contributed by atoms with E-state index in [0.29, 0.717) is 25.1 Å². The Morgan fingerprint density at radius 3 is 2.70 bits per heavy atom. The van der Waals surface area contributed by atoms with Gasteiger partial charge in [0.1, 0.15) is 5.75 Å².